The fourth-order valence-corrected chi connectivity index (χ4v) is 2.42. The van der Waals surface area contributed by atoms with E-state index < -0.39 is 5.97 Å². The Morgan fingerprint density at radius 3 is 2.53 bits per heavy atom. The monoisotopic (exact) mass is 270 g/mol. The smallest absolute Gasteiger partial charge is 0.306 e. The zero-order chi connectivity index (χ0) is 11.0. The lowest BCUT2D eigenvalue weighted by Gasteiger charge is -2.32. The second-order valence-corrected chi connectivity index (χ2v) is 4.86. The van der Waals surface area contributed by atoms with Gasteiger partial charge in [-0.15, -0.1) is 0 Å². The van der Waals surface area contributed by atoms with Crippen LogP contribution in [0.5, 0.6) is 5.75 Å². The van der Waals surface area contributed by atoms with E-state index in [9.17, 15) is 9.90 Å². The maximum atomic E-state index is 10.6. The first kappa shape index (κ1) is 10.5. The van der Waals surface area contributed by atoms with E-state index in [0.29, 0.717) is 12.8 Å². The molecule has 0 saturated heterocycles. The molecule has 4 heteroatoms. The molecule has 2 N–H and O–H groups in total. The number of carboxylic acids is 1. The van der Waals surface area contributed by atoms with Crippen LogP contribution >= 0.6 is 15.9 Å². The molecular formula is C11H11BrO3. The van der Waals surface area contributed by atoms with Crippen molar-refractivity contribution in [1.29, 1.82) is 0 Å². The third-order valence-electron chi connectivity index (χ3n) is 2.86. The molecule has 0 radical (unpaired) electrons. The van der Waals surface area contributed by atoms with Crippen LogP contribution in [-0.2, 0) is 4.79 Å². The molecule has 1 saturated carbocycles. The molecule has 1 aromatic carbocycles. The summed E-state index contributed by atoms with van der Waals surface area (Å²) in [7, 11) is 0. The normalized spacial score (nSPS) is 24.6. The van der Waals surface area contributed by atoms with Crippen LogP contribution in [-0.4, -0.2) is 16.2 Å². The SMILES string of the molecule is O=C(O)C1CC(c2cc(O)cc(Br)c2)C1. The Balaban J connectivity index is 2.10. The van der Waals surface area contributed by atoms with Crippen LogP contribution in [0.3, 0.4) is 0 Å². The van der Waals surface area contributed by atoms with E-state index in [1.54, 1.807) is 12.1 Å². The molecule has 3 nitrogen and oxygen atoms in total. The lowest BCUT2D eigenvalue weighted by Crippen LogP contribution is -2.28. The molecule has 1 aromatic rings. The van der Waals surface area contributed by atoms with Gasteiger partial charge in [-0.2, -0.15) is 0 Å². The molecule has 0 aromatic heterocycles. The summed E-state index contributed by atoms with van der Waals surface area (Å²) in [4.78, 5) is 10.6. The van der Waals surface area contributed by atoms with Crippen molar-refractivity contribution in [3.63, 3.8) is 0 Å². The molecule has 0 atom stereocenters. The van der Waals surface area contributed by atoms with Crippen molar-refractivity contribution in [2.75, 3.05) is 0 Å². The fourth-order valence-electron chi connectivity index (χ4n) is 1.92. The summed E-state index contributed by atoms with van der Waals surface area (Å²) in [5.41, 5.74) is 1.01. The number of phenolic OH excluding ortho intramolecular Hbond substituents is 1. The number of halogens is 1. The number of rotatable bonds is 2. The van der Waals surface area contributed by atoms with Crippen LogP contribution in [0.2, 0.25) is 0 Å². The summed E-state index contributed by atoms with van der Waals surface area (Å²) < 4.78 is 0.830. The van der Waals surface area contributed by atoms with Crippen LogP contribution in [0.15, 0.2) is 22.7 Å². The van der Waals surface area contributed by atoms with Gasteiger partial charge < -0.3 is 10.2 Å². The van der Waals surface area contributed by atoms with Crippen LogP contribution in [0.4, 0.5) is 0 Å². The summed E-state index contributed by atoms with van der Waals surface area (Å²) >= 11 is 3.30. The number of hydrogen-bond donors (Lipinski definition) is 2. The van der Waals surface area contributed by atoms with Crippen molar-refractivity contribution in [1.82, 2.24) is 0 Å². The van der Waals surface area contributed by atoms with Gasteiger partial charge in [-0.05, 0) is 42.5 Å². The van der Waals surface area contributed by atoms with Gasteiger partial charge in [0.05, 0.1) is 5.92 Å². The van der Waals surface area contributed by atoms with Crippen LogP contribution in [0, 0.1) is 5.92 Å². The highest BCUT2D eigenvalue weighted by atomic mass is 79.9. The minimum Gasteiger partial charge on any atom is -0.508 e. The Morgan fingerprint density at radius 1 is 1.33 bits per heavy atom. The van der Waals surface area contributed by atoms with E-state index >= 15 is 0 Å². The molecule has 0 aliphatic heterocycles. The number of carbonyl (C=O) groups is 1. The fraction of sp³-hybridized carbons (Fsp3) is 0.364. The molecule has 0 unspecified atom stereocenters. The molecule has 0 heterocycles. The minimum atomic E-state index is -0.717. The van der Waals surface area contributed by atoms with Gasteiger partial charge in [0.25, 0.3) is 0 Å². The maximum absolute atomic E-state index is 10.6. The summed E-state index contributed by atoms with van der Waals surface area (Å²) in [6.45, 7) is 0. The third kappa shape index (κ3) is 2.15. The largest absolute Gasteiger partial charge is 0.508 e. The van der Waals surface area contributed by atoms with E-state index in [2.05, 4.69) is 15.9 Å². The molecular weight excluding hydrogens is 260 g/mol. The second-order valence-electron chi connectivity index (χ2n) is 3.95. The van der Waals surface area contributed by atoms with Crippen molar-refractivity contribution in [3.05, 3.63) is 28.2 Å². The van der Waals surface area contributed by atoms with E-state index in [1.165, 1.54) is 0 Å². The average Bonchev–Trinajstić information content (AvgIpc) is 1.97. The number of benzene rings is 1. The van der Waals surface area contributed by atoms with E-state index in [-0.39, 0.29) is 17.6 Å². The third-order valence-corrected chi connectivity index (χ3v) is 3.32. The van der Waals surface area contributed by atoms with Gasteiger partial charge in [0.1, 0.15) is 5.75 Å². The van der Waals surface area contributed by atoms with Crippen LogP contribution < -0.4 is 0 Å². The molecule has 1 aliphatic carbocycles. The lowest BCUT2D eigenvalue weighted by atomic mass is 9.71. The van der Waals surface area contributed by atoms with E-state index in [4.69, 9.17) is 5.11 Å². The van der Waals surface area contributed by atoms with Gasteiger partial charge >= 0.3 is 5.97 Å². The van der Waals surface area contributed by atoms with Crippen molar-refractivity contribution in [3.8, 4) is 5.75 Å². The predicted octanol–water partition coefficient (Wildman–Crippen LogP) is 2.73. The summed E-state index contributed by atoms with van der Waals surface area (Å²) in [5.74, 6) is -0.436. The zero-order valence-electron chi connectivity index (χ0n) is 7.98. The van der Waals surface area contributed by atoms with Gasteiger partial charge in [-0.3, -0.25) is 4.79 Å². The summed E-state index contributed by atoms with van der Waals surface area (Å²) in [6.07, 6.45) is 1.34. The van der Waals surface area contributed by atoms with Crippen LogP contribution in [0.25, 0.3) is 0 Å². The number of hydrogen-bond acceptors (Lipinski definition) is 2. The highest BCUT2D eigenvalue weighted by Crippen LogP contribution is 2.43. The molecule has 1 fully saturated rings. The maximum Gasteiger partial charge on any atom is 0.306 e. The molecule has 0 bridgehead atoms. The molecule has 2 rings (SSSR count). The van der Waals surface area contributed by atoms with E-state index in [1.807, 2.05) is 6.07 Å². The Bertz CT molecular complexity index is 377. The molecule has 0 amide bonds. The van der Waals surface area contributed by atoms with Gasteiger partial charge in [0, 0.05) is 4.47 Å². The Morgan fingerprint density at radius 2 is 2.00 bits per heavy atom. The number of aromatic hydroxyl groups is 1. The van der Waals surface area contributed by atoms with Crippen molar-refractivity contribution in [2.45, 2.75) is 18.8 Å². The number of aliphatic carboxylic acids is 1. The molecule has 0 spiro atoms. The summed E-state index contributed by atoms with van der Waals surface area (Å²) in [6, 6.07) is 5.26. The van der Waals surface area contributed by atoms with Crippen molar-refractivity contribution < 1.29 is 15.0 Å². The molecule has 15 heavy (non-hydrogen) atoms. The van der Waals surface area contributed by atoms with Crippen LogP contribution in [0.1, 0.15) is 24.3 Å². The molecule has 1 aliphatic rings. The average molecular weight is 271 g/mol. The van der Waals surface area contributed by atoms with Crippen molar-refractivity contribution >= 4 is 21.9 Å². The number of carboxylic acid groups (broad SMARTS) is 1. The van der Waals surface area contributed by atoms with E-state index in [0.717, 1.165) is 10.0 Å². The van der Waals surface area contributed by atoms with Gasteiger partial charge in [0.15, 0.2) is 0 Å². The van der Waals surface area contributed by atoms with Gasteiger partial charge in [-0.25, -0.2) is 0 Å². The first-order valence-corrected chi connectivity index (χ1v) is 5.58. The Labute approximate surface area is 95.9 Å². The quantitative estimate of drug-likeness (QED) is 0.869. The number of phenols is 1. The minimum absolute atomic E-state index is 0.212. The predicted molar refractivity (Wildman–Crippen MR) is 58.9 cm³/mol. The second kappa shape index (κ2) is 3.85. The molecule has 80 valence electrons. The lowest BCUT2D eigenvalue weighted by molar-refractivity contribution is -0.145. The van der Waals surface area contributed by atoms with Crippen molar-refractivity contribution in [2.24, 2.45) is 5.92 Å². The zero-order valence-corrected chi connectivity index (χ0v) is 9.57. The van der Waals surface area contributed by atoms with Gasteiger partial charge in [-0.1, -0.05) is 15.9 Å². The topological polar surface area (TPSA) is 57.5 Å². The first-order chi connectivity index (χ1) is 7.06. The standard InChI is InChI=1S/C11H11BrO3/c12-9-3-7(4-10(13)5-9)6-1-8(2-6)11(14)15/h3-6,8,13H,1-2H2,(H,14,15). The Hall–Kier alpha value is -1.03. The summed E-state index contributed by atoms with van der Waals surface area (Å²) in [5, 5.41) is 18.1. The van der Waals surface area contributed by atoms with Gasteiger partial charge in [0.2, 0.25) is 0 Å². The highest BCUT2D eigenvalue weighted by Gasteiger charge is 2.35. The Kier molecular flexibility index (Phi) is 2.69. The highest BCUT2D eigenvalue weighted by molar-refractivity contribution is 9.10. The first-order valence-electron chi connectivity index (χ1n) is 4.78.